The van der Waals surface area contributed by atoms with Crippen molar-refractivity contribution in [1.29, 1.82) is 0 Å². The van der Waals surface area contributed by atoms with E-state index in [-0.39, 0.29) is 6.54 Å². The standard InChI is InChI=1S/C14H17N3O5.C7H8/c1-9(13(21)16-8-12(19)20)17-11(18)7-15-14(22)10-5-3-2-4-6-10;1-7-5-3-2-4-6-7/h2-6,9H,7-8H2,1H3,(H,15,22)(H,16,21)(H,17,18)(H,19,20);2-6H,1H3. The van der Waals surface area contributed by atoms with Gasteiger partial charge in [0.05, 0.1) is 6.54 Å². The minimum Gasteiger partial charge on any atom is -0.480 e. The average Bonchev–Trinajstić information content (AvgIpc) is 2.71. The molecule has 0 radical (unpaired) electrons. The number of aryl methyl sites for hydroxylation is 1. The van der Waals surface area contributed by atoms with E-state index >= 15 is 0 Å². The van der Waals surface area contributed by atoms with Gasteiger partial charge in [-0.2, -0.15) is 0 Å². The monoisotopic (exact) mass is 399 g/mol. The molecule has 0 aliphatic rings. The van der Waals surface area contributed by atoms with Crippen LogP contribution in [0.3, 0.4) is 0 Å². The molecule has 0 aliphatic carbocycles. The highest BCUT2D eigenvalue weighted by Gasteiger charge is 2.16. The Morgan fingerprint density at radius 3 is 1.90 bits per heavy atom. The minimum atomic E-state index is -1.18. The summed E-state index contributed by atoms with van der Waals surface area (Å²) < 4.78 is 0. The number of rotatable bonds is 7. The molecule has 2 rings (SSSR count). The number of hydrogen-bond acceptors (Lipinski definition) is 4. The van der Waals surface area contributed by atoms with Gasteiger partial charge in [-0.3, -0.25) is 19.2 Å². The Labute approximate surface area is 169 Å². The van der Waals surface area contributed by atoms with Crippen LogP contribution in [0.15, 0.2) is 60.7 Å². The molecule has 2 aromatic carbocycles. The quantitative estimate of drug-likeness (QED) is 0.555. The molecule has 0 bridgehead atoms. The van der Waals surface area contributed by atoms with Crippen molar-refractivity contribution in [3.63, 3.8) is 0 Å². The molecule has 8 nitrogen and oxygen atoms in total. The van der Waals surface area contributed by atoms with Crippen molar-refractivity contribution in [3.05, 3.63) is 71.8 Å². The van der Waals surface area contributed by atoms with Crippen LogP contribution >= 0.6 is 0 Å². The zero-order valence-electron chi connectivity index (χ0n) is 16.3. The SMILES string of the molecule is CC(NC(=O)CNC(=O)c1ccccc1)C(=O)NCC(=O)O.Cc1ccccc1. The number of carbonyl (C=O) groups is 4. The Balaban J connectivity index is 0.000000502. The molecule has 1 atom stereocenters. The highest BCUT2D eigenvalue weighted by atomic mass is 16.4. The van der Waals surface area contributed by atoms with Gasteiger partial charge in [-0.15, -0.1) is 0 Å². The average molecular weight is 399 g/mol. The first-order valence-corrected chi connectivity index (χ1v) is 8.93. The lowest BCUT2D eigenvalue weighted by molar-refractivity contribution is -0.138. The second kappa shape index (κ2) is 12.7. The van der Waals surface area contributed by atoms with E-state index in [9.17, 15) is 19.2 Å². The fraction of sp³-hybridized carbons (Fsp3) is 0.238. The number of nitrogens with one attached hydrogen (secondary N) is 3. The second-order valence-electron chi connectivity index (χ2n) is 6.10. The normalized spacial score (nSPS) is 10.6. The molecule has 154 valence electrons. The number of carboxylic acid groups (broad SMARTS) is 1. The summed E-state index contributed by atoms with van der Waals surface area (Å²) in [4.78, 5) is 45.1. The summed E-state index contributed by atoms with van der Waals surface area (Å²) >= 11 is 0. The van der Waals surface area contributed by atoms with Crippen LogP contribution in [0.5, 0.6) is 0 Å². The smallest absolute Gasteiger partial charge is 0.322 e. The van der Waals surface area contributed by atoms with Gasteiger partial charge in [0, 0.05) is 5.56 Å². The summed E-state index contributed by atoms with van der Waals surface area (Å²) in [5.41, 5.74) is 1.74. The second-order valence-corrected chi connectivity index (χ2v) is 6.10. The van der Waals surface area contributed by atoms with E-state index in [2.05, 4.69) is 35.0 Å². The van der Waals surface area contributed by atoms with Crippen LogP contribution in [0.4, 0.5) is 0 Å². The maximum absolute atomic E-state index is 11.7. The molecule has 0 saturated carbocycles. The number of carbonyl (C=O) groups excluding carboxylic acids is 3. The third-order valence-electron chi connectivity index (χ3n) is 3.57. The summed E-state index contributed by atoms with van der Waals surface area (Å²) in [5.74, 6) is -2.76. The van der Waals surface area contributed by atoms with Gasteiger partial charge in [-0.1, -0.05) is 54.1 Å². The Morgan fingerprint density at radius 1 is 0.862 bits per heavy atom. The predicted octanol–water partition coefficient (Wildman–Crippen LogP) is 1.12. The van der Waals surface area contributed by atoms with Gasteiger partial charge in [0.1, 0.15) is 12.6 Å². The van der Waals surface area contributed by atoms with Gasteiger partial charge in [0.15, 0.2) is 0 Å². The summed E-state index contributed by atoms with van der Waals surface area (Å²) in [6, 6.07) is 17.7. The van der Waals surface area contributed by atoms with Crippen LogP contribution in [0.1, 0.15) is 22.8 Å². The zero-order valence-corrected chi connectivity index (χ0v) is 16.3. The molecule has 0 fully saturated rings. The van der Waals surface area contributed by atoms with E-state index in [4.69, 9.17) is 5.11 Å². The first-order chi connectivity index (χ1) is 13.8. The molecule has 0 aliphatic heterocycles. The van der Waals surface area contributed by atoms with E-state index in [1.807, 2.05) is 18.2 Å². The lowest BCUT2D eigenvalue weighted by Gasteiger charge is -2.13. The topological polar surface area (TPSA) is 125 Å². The molecule has 0 aromatic heterocycles. The minimum absolute atomic E-state index is 0.287. The third-order valence-corrected chi connectivity index (χ3v) is 3.57. The van der Waals surface area contributed by atoms with E-state index < -0.39 is 36.3 Å². The molecule has 0 heterocycles. The molecule has 4 N–H and O–H groups in total. The molecule has 3 amide bonds. The lowest BCUT2D eigenvalue weighted by Crippen LogP contribution is -2.48. The van der Waals surface area contributed by atoms with Crippen molar-refractivity contribution in [3.8, 4) is 0 Å². The predicted molar refractivity (Wildman–Crippen MR) is 108 cm³/mol. The fourth-order valence-electron chi connectivity index (χ4n) is 2.06. The van der Waals surface area contributed by atoms with E-state index in [0.29, 0.717) is 5.56 Å². The highest BCUT2D eigenvalue weighted by Crippen LogP contribution is 1.97. The van der Waals surface area contributed by atoms with Crippen molar-refractivity contribution in [2.24, 2.45) is 0 Å². The van der Waals surface area contributed by atoms with Gasteiger partial charge in [0.25, 0.3) is 5.91 Å². The number of aliphatic carboxylic acids is 1. The molecule has 0 saturated heterocycles. The van der Waals surface area contributed by atoms with E-state index in [1.54, 1.807) is 30.3 Å². The molecule has 29 heavy (non-hydrogen) atoms. The summed E-state index contributed by atoms with van der Waals surface area (Å²) in [5, 5.41) is 15.3. The first-order valence-electron chi connectivity index (χ1n) is 8.93. The lowest BCUT2D eigenvalue weighted by atomic mass is 10.2. The fourth-order valence-corrected chi connectivity index (χ4v) is 2.06. The van der Waals surface area contributed by atoms with Gasteiger partial charge in [-0.05, 0) is 26.0 Å². The van der Waals surface area contributed by atoms with Crippen LogP contribution in [0.25, 0.3) is 0 Å². The summed E-state index contributed by atoms with van der Waals surface area (Å²) in [7, 11) is 0. The van der Waals surface area contributed by atoms with Crippen LogP contribution in [0, 0.1) is 6.92 Å². The van der Waals surface area contributed by atoms with Crippen molar-refractivity contribution < 1.29 is 24.3 Å². The molecular formula is C21H25N3O5. The number of benzene rings is 2. The van der Waals surface area contributed by atoms with Gasteiger partial charge in [0.2, 0.25) is 11.8 Å². The number of amides is 3. The third kappa shape index (κ3) is 10.3. The van der Waals surface area contributed by atoms with E-state index in [1.165, 1.54) is 12.5 Å². The largest absolute Gasteiger partial charge is 0.480 e. The number of hydrogen-bond donors (Lipinski definition) is 4. The van der Waals surface area contributed by atoms with Crippen molar-refractivity contribution in [2.75, 3.05) is 13.1 Å². The molecular weight excluding hydrogens is 374 g/mol. The van der Waals surface area contributed by atoms with Gasteiger partial charge < -0.3 is 21.1 Å². The van der Waals surface area contributed by atoms with Gasteiger partial charge >= 0.3 is 5.97 Å². The molecule has 8 heteroatoms. The van der Waals surface area contributed by atoms with Crippen LogP contribution < -0.4 is 16.0 Å². The summed E-state index contributed by atoms with van der Waals surface area (Å²) in [6.45, 7) is 2.68. The van der Waals surface area contributed by atoms with Crippen molar-refractivity contribution in [2.45, 2.75) is 19.9 Å². The zero-order chi connectivity index (χ0) is 21.6. The maximum Gasteiger partial charge on any atom is 0.322 e. The molecule has 2 aromatic rings. The molecule has 0 spiro atoms. The van der Waals surface area contributed by atoms with Crippen molar-refractivity contribution in [1.82, 2.24) is 16.0 Å². The first kappa shape index (κ1) is 23.4. The Bertz CT molecular complexity index is 810. The van der Waals surface area contributed by atoms with Crippen molar-refractivity contribution >= 4 is 23.7 Å². The van der Waals surface area contributed by atoms with Crippen LogP contribution in [-0.2, 0) is 14.4 Å². The Morgan fingerprint density at radius 2 is 1.41 bits per heavy atom. The van der Waals surface area contributed by atoms with Crippen LogP contribution in [0.2, 0.25) is 0 Å². The Hall–Kier alpha value is -3.68. The number of carboxylic acids is 1. The maximum atomic E-state index is 11.7. The van der Waals surface area contributed by atoms with E-state index in [0.717, 1.165) is 0 Å². The van der Waals surface area contributed by atoms with Crippen LogP contribution in [-0.4, -0.2) is 47.9 Å². The highest BCUT2D eigenvalue weighted by molar-refractivity contribution is 5.97. The summed E-state index contributed by atoms with van der Waals surface area (Å²) in [6.07, 6.45) is 0. The molecule has 1 unspecified atom stereocenters. The van der Waals surface area contributed by atoms with Gasteiger partial charge in [-0.25, -0.2) is 0 Å². The Kier molecular flexibility index (Phi) is 10.2.